The Balaban J connectivity index is 1.28. The molecule has 2 aliphatic rings. The maximum atomic E-state index is 13.1. The summed E-state index contributed by atoms with van der Waals surface area (Å²) in [7, 11) is 0. The molecular formula is C23H24ClF3N2O2. The lowest BCUT2D eigenvalue weighted by Gasteiger charge is -2.32. The highest BCUT2D eigenvalue weighted by Gasteiger charge is 2.58. The zero-order valence-electron chi connectivity index (χ0n) is 16.9. The number of nitrogens with zero attached hydrogens (tertiary/aromatic N) is 1. The van der Waals surface area contributed by atoms with Crippen LogP contribution in [0.15, 0.2) is 42.5 Å². The van der Waals surface area contributed by atoms with Gasteiger partial charge in [0, 0.05) is 19.0 Å². The summed E-state index contributed by atoms with van der Waals surface area (Å²) in [4.78, 5) is 14.9. The molecule has 2 aromatic carbocycles. The number of alkyl halides is 3. The molecule has 1 heterocycles. The van der Waals surface area contributed by atoms with Gasteiger partial charge in [0.2, 0.25) is 5.91 Å². The first-order valence-electron chi connectivity index (χ1n) is 10.3. The molecule has 2 aromatic rings. The Morgan fingerprint density at radius 1 is 1.19 bits per heavy atom. The van der Waals surface area contributed by atoms with Gasteiger partial charge in [-0.3, -0.25) is 9.69 Å². The number of likely N-dealkylation sites (tertiary alicyclic amines) is 1. The molecule has 1 aliphatic heterocycles. The summed E-state index contributed by atoms with van der Waals surface area (Å²) in [6.07, 6.45) is -1.87. The number of phenols is 1. The van der Waals surface area contributed by atoms with Gasteiger partial charge in [-0.05, 0) is 67.1 Å². The maximum Gasteiger partial charge on any atom is 0.416 e. The second-order valence-electron chi connectivity index (χ2n) is 8.55. The minimum Gasteiger partial charge on any atom is -0.506 e. The average molecular weight is 453 g/mol. The van der Waals surface area contributed by atoms with E-state index in [0.29, 0.717) is 5.02 Å². The SMILES string of the molecule is O=C(NCc1ccccc1C(F)(F)F)[C@H]1CC12CCN(Cc1ccc(O)c(Cl)c1)CC2. The predicted octanol–water partition coefficient (Wildman–Crippen LogP) is 4.98. The van der Waals surface area contributed by atoms with E-state index in [1.165, 1.54) is 12.1 Å². The molecule has 1 aliphatic carbocycles. The van der Waals surface area contributed by atoms with Crippen LogP contribution < -0.4 is 5.32 Å². The van der Waals surface area contributed by atoms with E-state index in [-0.39, 0.29) is 35.1 Å². The van der Waals surface area contributed by atoms with Crippen molar-refractivity contribution < 1.29 is 23.1 Å². The summed E-state index contributed by atoms with van der Waals surface area (Å²) in [5, 5.41) is 12.6. The minimum atomic E-state index is -4.43. The van der Waals surface area contributed by atoms with Gasteiger partial charge in [-0.1, -0.05) is 35.9 Å². The van der Waals surface area contributed by atoms with Gasteiger partial charge < -0.3 is 10.4 Å². The third-order valence-electron chi connectivity index (χ3n) is 6.55. The highest BCUT2D eigenvalue weighted by Crippen LogP contribution is 2.59. The van der Waals surface area contributed by atoms with E-state index in [0.717, 1.165) is 50.5 Å². The lowest BCUT2D eigenvalue weighted by Crippen LogP contribution is -2.36. The van der Waals surface area contributed by atoms with Crippen LogP contribution in [0.2, 0.25) is 5.02 Å². The van der Waals surface area contributed by atoms with Gasteiger partial charge in [0.05, 0.1) is 10.6 Å². The van der Waals surface area contributed by atoms with Crippen molar-refractivity contribution in [2.45, 2.75) is 38.5 Å². The largest absolute Gasteiger partial charge is 0.506 e. The summed E-state index contributed by atoms with van der Waals surface area (Å²) >= 11 is 5.97. The van der Waals surface area contributed by atoms with Crippen LogP contribution in [-0.2, 0) is 24.1 Å². The molecule has 4 nitrogen and oxygen atoms in total. The van der Waals surface area contributed by atoms with Gasteiger partial charge in [-0.25, -0.2) is 0 Å². The smallest absolute Gasteiger partial charge is 0.416 e. The zero-order chi connectivity index (χ0) is 22.2. The highest BCUT2D eigenvalue weighted by molar-refractivity contribution is 6.32. The minimum absolute atomic E-state index is 0.0310. The highest BCUT2D eigenvalue weighted by atomic mass is 35.5. The fourth-order valence-electron chi connectivity index (χ4n) is 4.59. The Kier molecular flexibility index (Phi) is 5.92. The van der Waals surface area contributed by atoms with E-state index in [4.69, 9.17) is 11.6 Å². The fourth-order valence-corrected chi connectivity index (χ4v) is 4.79. The van der Waals surface area contributed by atoms with Crippen LogP contribution in [-0.4, -0.2) is 29.0 Å². The van der Waals surface area contributed by atoms with Crippen molar-refractivity contribution in [2.75, 3.05) is 13.1 Å². The number of phenolic OH excluding ortho intramolecular Hbond substituents is 1. The molecule has 31 heavy (non-hydrogen) atoms. The quantitative estimate of drug-likeness (QED) is 0.672. The maximum absolute atomic E-state index is 13.1. The number of piperidine rings is 1. The number of amides is 1. The third-order valence-corrected chi connectivity index (χ3v) is 6.85. The standard InChI is InChI=1S/C23H24ClF3N2O2/c24-19-11-15(5-6-20(19)30)14-29-9-7-22(8-10-29)12-18(22)21(31)28-13-16-3-1-2-4-17(16)23(25,26)27/h1-6,11,18,30H,7-10,12-14H2,(H,28,31)/t18-/m1/s1. The molecule has 1 saturated carbocycles. The summed E-state index contributed by atoms with van der Waals surface area (Å²) < 4.78 is 39.4. The molecule has 1 saturated heterocycles. The van der Waals surface area contributed by atoms with Crippen LogP contribution in [0.5, 0.6) is 5.75 Å². The van der Waals surface area contributed by atoms with Crippen molar-refractivity contribution in [3.63, 3.8) is 0 Å². The Morgan fingerprint density at radius 2 is 1.90 bits per heavy atom. The average Bonchev–Trinajstić information content (AvgIpc) is 3.44. The number of nitrogens with one attached hydrogen (secondary N) is 1. The molecule has 2 N–H and O–H groups in total. The van der Waals surface area contributed by atoms with Gasteiger partial charge in [-0.2, -0.15) is 13.2 Å². The van der Waals surface area contributed by atoms with Gasteiger partial charge in [0.15, 0.2) is 0 Å². The normalized spacial score (nSPS) is 20.6. The summed E-state index contributed by atoms with van der Waals surface area (Å²) in [6.45, 7) is 2.30. The van der Waals surface area contributed by atoms with E-state index < -0.39 is 11.7 Å². The van der Waals surface area contributed by atoms with E-state index in [2.05, 4.69) is 10.2 Å². The topological polar surface area (TPSA) is 52.6 Å². The van der Waals surface area contributed by atoms with Crippen LogP contribution in [0.1, 0.15) is 36.0 Å². The zero-order valence-corrected chi connectivity index (χ0v) is 17.6. The van der Waals surface area contributed by atoms with Gasteiger partial charge in [0.1, 0.15) is 5.75 Å². The second-order valence-corrected chi connectivity index (χ2v) is 8.96. The predicted molar refractivity (Wildman–Crippen MR) is 111 cm³/mol. The number of rotatable bonds is 5. The van der Waals surface area contributed by atoms with Crippen molar-refractivity contribution >= 4 is 17.5 Å². The monoisotopic (exact) mass is 452 g/mol. The van der Waals surface area contributed by atoms with E-state index in [1.54, 1.807) is 18.2 Å². The first kappa shape index (κ1) is 22.0. The van der Waals surface area contributed by atoms with Crippen molar-refractivity contribution in [1.82, 2.24) is 10.2 Å². The molecule has 2 fully saturated rings. The van der Waals surface area contributed by atoms with Crippen LogP contribution in [0.4, 0.5) is 13.2 Å². The van der Waals surface area contributed by atoms with Crippen LogP contribution in [0, 0.1) is 11.3 Å². The fraction of sp³-hybridized carbons (Fsp3) is 0.435. The molecule has 0 unspecified atom stereocenters. The van der Waals surface area contributed by atoms with E-state index in [9.17, 15) is 23.1 Å². The molecule has 0 bridgehead atoms. The Morgan fingerprint density at radius 3 is 2.58 bits per heavy atom. The molecule has 166 valence electrons. The lowest BCUT2D eigenvalue weighted by atomic mass is 9.90. The molecule has 1 atom stereocenters. The van der Waals surface area contributed by atoms with E-state index >= 15 is 0 Å². The Bertz CT molecular complexity index is 972. The number of carbonyl (C=O) groups excluding carboxylic acids is 1. The third kappa shape index (κ3) is 4.83. The Labute approximate surface area is 184 Å². The van der Waals surface area contributed by atoms with Crippen molar-refractivity contribution in [1.29, 1.82) is 0 Å². The van der Waals surface area contributed by atoms with Crippen molar-refractivity contribution in [2.24, 2.45) is 11.3 Å². The van der Waals surface area contributed by atoms with Crippen LogP contribution in [0.3, 0.4) is 0 Å². The van der Waals surface area contributed by atoms with Gasteiger partial charge >= 0.3 is 6.18 Å². The molecule has 1 spiro atoms. The molecule has 1 amide bonds. The molecule has 0 radical (unpaired) electrons. The first-order chi connectivity index (χ1) is 14.7. The lowest BCUT2D eigenvalue weighted by molar-refractivity contribution is -0.138. The Hall–Kier alpha value is -2.25. The van der Waals surface area contributed by atoms with Crippen LogP contribution >= 0.6 is 11.6 Å². The second kappa shape index (κ2) is 8.36. The van der Waals surface area contributed by atoms with Crippen LogP contribution in [0.25, 0.3) is 0 Å². The van der Waals surface area contributed by atoms with Gasteiger partial charge in [0.25, 0.3) is 0 Å². The van der Waals surface area contributed by atoms with E-state index in [1.807, 2.05) is 6.07 Å². The molecule has 4 rings (SSSR count). The van der Waals surface area contributed by atoms with Crippen molar-refractivity contribution in [3.05, 3.63) is 64.2 Å². The summed E-state index contributed by atoms with van der Waals surface area (Å²) in [6, 6.07) is 10.5. The first-order valence-corrected chi connectivity index (χ1v) is 10.7. The number of hydrogen-bond donors (Lipinski definition) is 2. The molecule has 8 heteroatoms. The molecule has 0 aromatic heterocycles. The van der Waals surface area contributed by atoms with Crippen molar-refractivity contribution in [3.8, 4) is 5.75 Å². The number of benzene rings is 2. The summed E-state index contributed by atoms with van der Waals surface area (Å²) in [5.41, 5.74) is 0.368. The number of aromatic hydroxyl groups is 1. The molecular weight excluding hydrogens is 429 g/mol. The summed E-state index contributed by atoms with van der Waals surface area (Å²) in [5.74, 6) is -0.223. The number of carbonyl (C=O) groups is 1. The number of halogens is 4. The number of hydrogen-bond acceptors (Lipinski definition) is 3. The van der Waals surface area contributed by atoms with Gasteiger partial charge in [-0.15, -0.1) is 0 Å².